The lowest BCUT2D eigenvalue weighted by Crippen LogP contribution is -2.48. The van der Waals surface area contributed by atoms with Gasteiger partial charge in [-0.3, -0.25) is 9.69 Å². The van der Waals surface area contributed by atoms with Crippen molar-refractivity contribution >= 4 is 17.2 Å². The molecule has 1 atom stereocenters. The smallest absolute Gasteiger partial charge is 0.265 e. The monoisotopic (exact) mass is 373 g/mol. The summed E-state index contributed by atoms with van der Waals surface area (Å²) in [4.78, 5) is 22.7. The Labute approximate surface area is 157 Å². The molecule has 3 heterocycles. The third-order valence-corrected chi connectivity index (χ3v) is 6.61. The Balaban J connectivity index is 1.53. The normalized spacial score (nSPS) is 21.3. The summed E-state index contributed by atoms with van der Waals surface area (Å²) >= 11 is 1.31. The Morgan fingerprint density at radius 2 is 1.96 bits per heavy atom. The van der Waals surface area contributed by atoms with E-state index in [-0.39, 0.29) is 11.7 Å². The van der Waals surface area contributed by atoms with Crippen molar-refractivity contribution in [3.05, 3.63) is 40.7 Å². The Morgan fingerprint density at radius 1 is 1.19 bits per heavy atom. The number of amides is 1. The van der Waals surface area contributed by atoms with Crippen LogP contribution < -0.4 is 0 Å². The number of nitrogens with zero attached hydrogens (tertiary/aromatic N) is 3. The van der Waals surface area contributed by atoms with Gasteiger partial charge in [-0.1, -0.05) is 12.1 Å². The van der Waals surface area contributed by atoms with Crippen molar-refractivity contribution in [3.8, 4) is 10.6 Å². The first-order chi connectivity index (χ1) is 12.6. The van der Waals surface area contributed by atoms with E-state index in [2.05, 4.69) is 9.88 Å². The molecule has 1 unspecified atom stereocenters. The molecule has 0 N–H and O–H groups in total. The molecule has 4 rings (SSSR count). The molecule has 0 saturated carbocycles. The minimum Gasteiger partial charge on any atom is -0.336 e. The van der Waals surface area contributed by atoms with Crippen LogP contribution in [0, 0.1) is 12.7 Å². The molecule has 0 spiro atoms. The van der Waals surface area contributed by atoms with Gasteiger partial charge in [-0.15, -0.1) is 11.3 Å². The van der Waals surface area contributed by atoms with Gasteiger partial charge in [0.05, 0.1) is 5.69 Å². The van der Waals surface area contributed by atoms with Crippen molar-refractivity contribution in [3.63, 3.8) is 0 Å². The number of likely N-dealkylation sites (tertiary alicyclic amines) is 2. The first kappa shape index (κ1) is 17.6. The summed E-state index contributed by atoms with van der Waals surface area (Å²) in [5.74, 6) is -0.251. The second kappa shape index (κ2) is 7.45. The van der Waals surface area contributed by atoms with Crippen LogP contribution in [0.25, 0.3) is 10.6 Å². The van der Waals surface area contributed by atoms with Gasteiger partial charge in [0, 0.05) is 24.7 Å². The van der Waals surface area contributed by atoms with Crippen molar-refractivity contribution in [2.75, 3.05) is 26.2 Å². The quantitative estimate of drug-likeness (QED) is 0.817. The van der Waals surface area contributed by atoms with Gasteiger partial charge in [0.25, 0.3) is 5.91 Å². The summed E-state index contributed by atoms with van der Waals surface area (Å²) in [6, 6.07) is 7.08. The molecule has 1 aromatic heterocycles. The van der Waals surface area contributed by atoms with E-state index in [4.69, 9.17) is 0 Å². The summed E-state index contributed by atoms with van der Waals surface area (Å²) in [6.45, 7) is 5.75. The summed E-state index contributed by atoms with van der Waals surface area (Å²) in [5.41, 5.74) is 1.16. The van der Waals surface area contributed by atoms with Gasteiger partial charge in [0.2, 0.25) is 0 Å². The highest BCUT2D eigenvalue weighted by Crippen LogP contribution is 2.31. The Hall–Kier alpha value is -1.79. The van der Waals surface area contributed by atoms with Crippen LogP contribution in [0.2, 0.25) is 0 Å². The number of aryl methyl sites for hydroxylation is 1. The number of aromatic nitrogens is 1. The fourth-order valence-corrected chi connectivity index (χ4v) is 5.09. The molecule has 26 heavy (non-hydrogen) atoms. The van der Waals surface area contributed by atoms with E-state index in [1.807, 2.05) is 11.8 Å². The van der Waals surface area contributed by atoms with Crippen molar-refractivity contribution in [2.45, 2.75) is 38.6 Å². The summed E-state index contributed by atoms with van der Waals surface area (Å²) in [5, 5.41) is 0.581. The largest absolute Gasteiger partial charge is 0.336 e. The Bertz CT molecular complexity index is 800. The van der Waals surface area contributed by atoms with E-state index in [1.54, 1.807) is 18.2 Å². The van der Waals surface area contributed by atoms with Gasteiger partial charge in [-0.25, -0.2) is 9.37 Å². The molecule has 2 aliphatic heterocycles. The van der Waals surface area contributed by atoms with Gasteiger partial charge in [-0.05, 0) is 57.8 Å². The second-order valence-corrected chi connectivity index (χ2v) is 8.20. The number of benzene rings is 1. The minimum atomic E-state index is -0.299. The van der Waals surface area contributed by atoms with Crippen molar-refractivity contribution < 1.29 is 9.18 Å². The highest BCUT2D eigenvalue weighted by atomic mass is 32.1. The molecular weight excluding hydrogens is 349 g/mol. The lowest BCUT2D eigenvalue weighted by Gasteiger charge is -2.37. The zero-order valence-electron chi connectivity index (χ0n) is 15.1. The molecule has 2 aromatic rings. The number of piperidine rings is 1. The van der Waals surface area contributed by atoms with Gasteiger partial charge >= 0.3 is 0 Å². The van der Waals surface area contributed by atoms with E-state index < -0.39 is 0 Å². The first-order valence-electron chi connectivity index (χ1n) is 9.39. The molecule has 6 heteroatoms. The zero-order chi connectivity index (χ0) is 18.1. The zero-order valence-corrected chi connectivity index (χ0v) is 15.9. The molecule has 1 amide bonds. The molecule has 138 valence electrons. The molecule has 1 aromatic carbocycles. The highest BCUT2D eigenvalue weighted by molar-refractivity contribution is 7.17. The van der Waals surface area contributed by atoms with Gasteiger partial charge < -0.3 is 4.90 Å². The van der Waals surface area contributed by atoms with E-state index in [1.165, 1.54) is 36.7 Å². The highest BCUT2D eigenvalue weighted by Gasteiger charge is 2.31. The molecular formula is C20H24FN3OS. The SMILES string of the molecule is Cc1nc(-c2ccccc2F)sc1C(=O)N1CCCC(N2CCCC2)C1. The number of hydrogen-bond acceptors (Lipinski definition) is 4. The van der Waals surface area contributed by atoms with Crippen molar-refractivity contribution in [1.29, 1.82) is 0 Å². The van der Waals surface area contributed by atoms with Crippen LogP contribution in [0.1, 0.15) is 41.0 Å². The summed E-state index contributed by atoms with van der Waals surface area (Å²) in [7, 11) is 0. The fourth-order valence-electron chi connectivity index (χ4n) is 4.03. The number of hydrogen-bond donors (Lipinski definition) is 0. The Kier molecular flexibility index (Phi) is 5.05. The number of carbonyl (C=O) groups excluding carboxylic acids is 1. The average Bonchev–Trinajstić information content (AvgIpc) is 3.32. The fraction of sp³-hybridized carbons (Fsp3) is 0.500. The summed E-state index contributed by atoms with van der Waals surface area (Å²) in [6.07, 6.45) is 4.76. The number of carbonyl (C=O) groups is 1. The van der Waals surface area contributed by atoms with E-state index in [9.17, 15) is 9.18 Å². The van der Waals surface area contributed by atoms with Gasteiger partial charge in [0.15, 0.2) is 0 Å². The van der Waals surface area contributed by atoms with Crippen LogP contribution in [0.4, 0.5) is 4.39 Å². The average molecular weight is 373 g/mol. The lowest BCUT2D eigenvalue weighted by atomic mass is 10.0. The number of thiazole rings is 1. The van der Waals surface area contributed by atoms with Gasteiger partial charge in [0.1, 0.15) is 15.7 Å². The maximum atomic E-state index is 14.1. The predicted octanol–water partition coefficient (Wildman–Crippen LogP) is 3.96. The molecule has 2 saturated heterocycles. The second-order valence-electron chi connectivity index (χ2n) is 7.20. The molecule has 0 bridgehead atoms. The summed E-state index contributed by atoms with van der Waals surface area (Å²) < 4.78 is 14.1. The lowest BCUT2D eigenvalue weighted by molar-refractivity contribution is 0.0611. The van der Waals surface area contributed by atoms with Crippen LogP contribution in [-0.4, -0.2) is 52.9 Å². The van der Waals surface area contributed by atoms with E-state index in [0.29, 0.717) is 27.2 Å². The van der Waals surface area contributed by atoms with Crippen LogP contribution in [-0.2, 0) is 0 Å². The molecule has 0 radical (unpaired) electrons. The van der Waals surface area contributed by atoms with Crippen LogP contribution >= 0.6 is 11.3 Å². The van der Waals surface area contributed by atoms with Crippen LogP contribution in [0.15, 0.2) is 24.3 Å². The third kappa shape index (κ3) is 3.40. The Morgan fingerprint density at radius 3 is 2.73 bits per heavy atom. The van der Waals surface area contributed by atoms with Crippen molar-refractivity contribution in [2.24, 2.45) is 0 Å². The molecule has 2 fully saturated rings. The maximum Gasteiger partial charge on any atom is 0.265 e. The predicted molar refractivity (Wildman–Crippen MR) is 102 cm³/mol. The van der Waals surface area contributed by atoms with E-state index in [0.717, 1.165) is 32.6 Å². The standard InChI is InChI=1S/C20H24FN3OS/c1-14-18(26-19(22-14)16-8-2-3-9-17(16)21)20(25)24-12-6-7-15(13-24)23-10-4-5-11-23/h2-3,8-9,15H,4-7,10-13H2,1H3. The van der Waals surface area contributed by atoms with Crippen LogP contribution in [0.3, 0.4) is 0 Å². The first-order valence-corrected chi connectivity index (χ1v) is 10.2. The minimum absolute atomic E-state index is 0.0477. The third-order valence-electron chi connectivity index (χ3n) is 5.44. The number of halogens is 1. The number of rotatable bonds is 3. The molecule has 0 aliphatic carbocycles. The maximum absolute atomic E-state index is 14.1. The molecule has 2 aliphatic rings. The van der Waals surface area contributed by atoms with Gasteiger partial charge in [-0.2, -0.15) is 0 Å². The van der Waals surface area contributed by atoms with E-state index >= 15 is 0 Å². The molecule has 4 nitrogen and oxygen atoms in total. The van der Waals surface area contributed by atoms with Crippen molar-refractivity contribution in [1.82, 2.24) is 14.8 Å². The topological polar surface area (TPSA) is 36.4 Å². The van der Waals surface area contributed by atoms with Crippen LogP contribution in [0.5, 0.6) is 0 Å².